The second kappa shape index (κ2) is 12.4. The molecule has 10 nitrogen and oxygen atoms in total. The van der Waals surface area contributed by atoms with Crippen molar-refractivity contribution in [1.29, 1.82) is 0 Å². The van der Waals surface area contributed by atoms with Gasteiger partial charge in [-0.1, -0.05) is 0 Å². The van der Waals surface area contributed by atoms with Crippen LogP contribution in [-0.2, 0) is 29.6 Å². The van der Waals surface area contributed by atoms with E-state index in [2.05, 4.69) is 16.3 Å². The van der Waals surface area contributed by atoms with E-state index >= 15 is 0 Å². The van der Waals surface area contributed by atoms with Gasteiger partial charge in [0.05, 0.1) is 18.7 Å². The minimum absolute atomic E-state index is 0.199. The highest BCUT2D eigenvalue weighted by molar-refractivity contribution is 5.72. The molecule has 2 aliphatic rings. The average molecular weight is 515 g/mol. The van der Waals surface area contributed by atoms with Gasteiger partial charge in [0, 0.05) is 64.3 Å². The van der Waals surface area contributed by atoms with E-state index in [0.717, 1.165) is 30.4 Å². The summed E-state index contributed by atoms with van der Waals surface area (Å²) in [5.74, 6) is 0. The maximum Gasteiger partial charge on any atom is 0.332 e. The van der Waals surface area contributed by atoms with Crippen molar-refractivity contribution in [2.75, 3.05) is 26.4 Å². The molecule has 0 bridgehead atoms. The van der Waals surface area contributed by atoms with Crippen LogP contribution in [0.15, 0.2) is 45.5 Å². The van der Waals surface area contributed by atoms with Gasteiger partial charge in [-0.2, -0.15) is 4.98 Å². The van der Waals surface area contributed by atoms with Gasteiger partial charge >= 0.3 is 5.69 Å². The standard InChI is InChI=1S/C27H37N4O6/c1-19(2)34-16-17-37-26-28-24-23(31(26)18-21-11-9-20(3)10-12-21)25(32)30(27(33)29(24)4)13-7-15-36-22-8-5-6-14-35-22/h9-12,19,22H,3,5-8,13-18H2,1-2,4H3/q+1/p+1. The lowest BCUT2D eigenvalue weighted by Crippen LogP contribution is -2.40. The fourth-order valence-corrected chi connectivity index (χ4v) is 4.36. The van der Waals surface area contributed by atoms with E-state index in [1.165, 1.54) is 9.13 Å². The summed E-state index contributed by atoms with van der Waals surface area (Å²) < 4.78 is 26.2. The van der Waals surface area contributed by atoms with Gasteiger partial charge < -0.3 is 18.9 Å². The predicted octanol–water partition coefficient (Wildman–Crippen LogP) is 2.40. The van der Waals surface area contributed by atoms with Crippen molar-refractivity contribution in [3.05, 3.63) is 63.2 Å². The lowest BCUT2D eigenvalue weighted by atomic mass is 10.0. The molecule has 1 aliphatic carbocycles. The van der Waals surface area contributed by atoms with E-state index in [-0.39, 0.29) is 24.9 Å². The summed E-state index contributed by atoms with van der Waals surface area (Å²) in [6, 6.07) is 0.287. The highest BCUT2D eigenvalue weighted by Gasteiger charge is 2.23. The molecule has 1 aliphatic heterocycles. The van der Waals surface area contributed by atoms with Crippen LogP contribution in [0.3, 0.4) is 0 Å². The fourth-order valence-electron chi connectivity index (χ4n) is 4.36. The van der Waals surface area contributed by atoms with Gasteiger partial charge in [0.1, 0.15) is 6.10 Å². The van der Waals surface area contributed by atoms with Crippen LogP contribution in [-0.4, -0.2) is 62.2 Å². The monoisotopic (exact) mass is 514 g/mol. The summed E-state index contributed by atoms with van der Waals surface area (Å²) in [5, 5.41) is 0. The number of hydrogen-bond acceptors (Lipinski definition) is 6. The molecule has 0 spiro atoms. The molecular formula is C27H38N4O6+2. The Hall–Kier alpha value is -3.08. The van der Waals surface area contributed by atoms with Crippen molar-refractivity contribution in [2.45, 2.75) is 65.0 Å². The molecule has 1 unspecified atom stereocenters. The molecule has 0 amide bonds. The second-order valence-electron chi connectivity index (χ2n) is 9.64. The molecule has 4 rings (SSSR count). The predicted molar refractivity (Wildman–Crippen MR) is 142 cm³/mol. The minimum atomic E-state index is -0.418. The maximum absolute atomic E-state index is 13.6. The quantitative estimate of drug-likeness (QED) is 0.245. The number of imidazole rings is 1. The average Bonchev–Trinajstić information content (AvgIpc) is 3.25. The van der Waals surface area contributed by atoms with Crippen LogP contribution < -0.4 is 16.0 Å². The van der Waals surface area contributed by atoms with Crippen LogP contribution in [0.2, 0.25) is 0 Å². The van der Waals surface area contributed by atoms with E-state index in [9.17, 15) is 9.59 Å². The van der Waals surface area contributed by atoms with E-state index < -0.39 is 11.2 Å². The van der Waals surface area contributed by atoms with Crippen molar-refractivity contribution in [3.8, 4) is 6.01 Å². The Morgan fingerprint density at radius 3 is 2.78 bits per heavy atom. The van der Waals surface area contributed by atoms with Gasteiger partial charge in [-0.15, -0.1) is 0 Å². The Kier molecular flexibility index (Phi) is 9.07. The molecular weight excluding hydrogens is 476 g/mol. The Balaban J connectivity index is 1.61. The topological polar surface area (TPSA) is 102 Å². The van der Waals surface area contributed by atoms with Crippen LogP contribution in [0.4, 0.5) is 0 Å². The van der Waals surface area contributed by atoms with Crippen LogP contribution in [0.1, 0.15) is 39.5 Å². The first-order valence-corrected chi connectivity index (χ1v) is 13.0. The Morgan fingerprint density at radius 1 is 1.24 bits per heavy atom. The van der Waals surface area contributed by atoms with Gasteiger partial charge in [-0.25, -0.2) is 4.79 Å². The summed E-state index contributed by atoms with van der Waals surface area (Å²) in [7, 11) is 1.62. The van der Waals surface area contributed by atoms with Crippen LogP contribution in [0, 0.1) is 6.42 Å². The molecule has 3 heterocycles. The summed E-state index contributed by atoms with van der Waals surface area (Å²) in [6.07, 6.45) is 11.3. The molecule has 200 valence electrons. The second-order valence-corrected chi connectivity index (χ2v) is 9.64. The zero-order valence-corrected chi connectivity index (χ0v) is 22.0. The minimum Gasteiger partial charge on any atom is -0.456 e. The van der Waals surface area contributed by atoms with Gasteiger partial charge in [0.25, 0.3) is 11.6 Å². The molecule has 0 aromatic carbocycles. The van der Waals surface area contributed by atoms with Gasteiger partial charge in [-0.3, -0.25) is 18.5 Å². The highest BCUT2D eigenvalue weighted by atomic mass is 16.7. The molecule has 1 saturated heterocycles. The van der Waals surface area contributed by atoms with E-state index in [1.807, 2.05) is 38.5 Å². The molecule has 1 fully saturated rings. The van der Waals surface area contributed by atoms with Crippen LogP contribution in [0.25, 0.3) is 11.2 Å². The summed E-state index contributed by atoms with van der Waals surface area (Å²) in [5.41, 5.74) is 1.67. The molecule has 1 N–H and O–H groups in total. The van der Waals surface area contributed by atoms with Gasteiger partial charge in [0.2, 0.25) is 0 Å². The number of fused-ring (bicyclic) bond motifs is 1. The smallest absolute Gasteiger partial charge is 0.332 e. The lowest BCUT2D eigenvalue weighted by Gasteiger charge is -2.22. The zero-order valence-electron chi connectivity index (χ0n) is 22.0. The largest absolute Gasteiger partial charge is 0.456 e. The molecule has 0 saturated carbocycles. The van der Waals surface area contributed by atoms with E-state index in [4.69, 9.17) is 14.2 Å². The number of allylic oxidation sites excluding steroid dienone is 5. The van der Waals surface area contributed by atoms with Crippen LogP contribution in [0.5, 0.6) is 6.01 Å². The third-order valence-corrected chi connectivity index (χ3v) is 6.35. The van der Waals surface area contributed by atoms with Gasteiger partial charge in [-0.05, 0) is 32.3 Å². The summed E-state index contributed by atoms with van der Waals surface area (Å²) in [6.45, 7) is 10.5. The number of aromatic nitrogens is 4. The first-order chi connectivity index (χ1) is 17.8. The van der Waals surface area contributed by atoms with Gasteiger partial charge in [0.15, 0.2) is 30.7 Å². The Morgan fingerprint density at radius 2 is 2.08 bits per heavy atom. The number of nitrogens with zero attached hydrogens (tertiary/aromatic N) is 4. The summed E-state index contributed by atoms with van der Waals surface area (Å²) >= 11 is 0. The summed E-state index contributed by atoms with van der Waals surface area (Å²) in [4.78, 5) is 31.3. The third kappa shape index (κ3) is 6.63. The highest BCUT2D eigenvalue weighted by Crippen LogP contribution is 2.22. The molecule has 37 heavy (non-hydrogen) atoms. The van der Waals surface area contributed by atoms with Crippen molar-refractivity contribution in [2.24, 2.45) is 7.05 Å². The van der Waals surface area contributed by atoms with Crippen molar-refractivity contribution < 1.29 is 18.9 Å². The molecule has 2 aromatic rings. The SMILES string of the molecule is C=C1C=CC(Cn2c(OCC[OH+]C(C)C)nc3c2c(=O)n(CCCOC2CCCCO2)c(=O)n3C)=C[CH+]1. The third-order valence-electron chi connectivity index (χ3n) is 6.35. The van der Waals surface area contributed by atoms with E-state index in [0.29, 0.717) is 50.6 Å². The number of hydrogen-bond donors (Lipinski definition) is 0. The molecule has 1 atom stereocenters. The number of rotatable bonds is 12. The van der Waals surface area contributed by atoms with Crippen LogP contribution >= 0.6 is 0 Å². The van der Waals surface area contributed by atoms with Crippen molar-refractivity contribution in [1.82, 2.24) is 18.7 Å². The van der Waals surface area contributed by atoms with Crippen molar-refractivity contribution in [3.63, 3.8) is 0 Å². The fraction of sp³-hybridized carbons (Fsp3) is 0.556. The number of aryl methyl sites for hydroxylation is 1. The van der Waals surface area contributed by atoms with E-state index in [1.54, 1.807) is 11.6 Å². The number of aliphatic hydroxyl groups is 2. The van der Waals surface area contributed by atoms with Crippen molar-refractivity contribution >= 4 is 11.2 Å². The normalized spacial score (nSPS) is 17.9. The molecule has 2 aromatic heterocycles. The maximum atomic E-state index is 13.6. The Labute approximate surface area is 216 Å². The molecule has 0 radical (unpaired) electrons. The first-order valence-electron chi connectivity index (χ1n) is 13.0. The zero-order chi connectivity index (χ0) is 26.4. The Bertz CT molecular complexity index is 1280. The first kappa shape index (κ1) is 27.0. The number of ether oxygens (including phenoxy) is 4. The molecule has 10 heteroatoms. The lowest BCUT2D eigenvalue weighted by molar-refractivity contribution is -0.163.